The van der Waals surface area contributed by atoms with Crippen molar-refractivity contribution < 1.29 is 9.59 Å². The average molecular weight is 572 g/mol. The summed E-state index contributed by atoms with van der Waals surface area (Å²) in [5.41, 5.74) is 1.13. The summed E-state index contributed by atoms with van der Waals surface area (Å²) < 4.78 is 0. The van der Waals surface area contributed by atoms with E-state index in [9.17, 15) is 9.59 Å². The van der Waals surface area contributed by atoms with Gasteiger partial charge in [0.2, 0.25) is 11.8 Å². The average Bonchev–Trinajstić information content (AvgIpc) is 3.48. The third-order valence-electron chi connectivity index (χ3n) is 6.45. The van der Waals surface area contributed by atoms with Crippen LogP contribution in [0.5, 0.6) is 0 Å². The smallest absolute Gasteiger partial charge is 0.233 e. The molecular formula is C23H34IN5O2S. The maximum absolute atomic E-state index is 12.8. The third-order valence-corrected chi connectivity index (χ3v) is 7.28. The van der Waals surface area contributed by atoms with Gasteiger partial charge in [-0.25, -0.2) is 9.98 Å². The Kier molecular flexibility index (Phi) is 8.01. The maximum Gasteiger partial charge on any atom is 0.233 e. The molecule has 2 heterocycles. The molecule has 1 aromatic heterocycles. The summed E-state index contributed by atoms with van der Waals surface area (Å²) in [6.45, 7) is 10.9. The Hall–Kier alpha value is -1.49. The van der Waals surface area contributed by atoms with Gasteiger partial charge in [-0.15, -0.1) is 35.3 Å². The van der Waals surface area contributed by atoms with Crippen molar-refractivity contribution in [3.8, 4) is 0 Å². The highest BCUT2D eigenvalue weighted by Gasteiger charge is 2.58. The fraction of sp³-hybridized carbons (Fsp3) is 0.652. The molecule has 0 radical (unpaired) electrons. The molecule has 2 N–H and O–H groups in total. The Balaban J connectivity index is 0.00000289. The number of rotatable bonds is 7. The van der Waals surface area contributed by atoms with Crippen LogP contribution in [-0.2, 0) is 21.5 Å². The van der Waals surface area contributed by atoms with Gasteiger partial charge in [0.15, 0.2) is 5.96 Å². The second-order valence-corrected chi connectivity index (χ2v) is 10.6. The number of thiazole rings is 1. The Morgan fingerprint density at radius 2 is 1.84 bits per heavy atom. The van der Waals surface area contributed by atoms with Gasteiger partial charge in [-0.05, 0) is 31.6 Å². The number of nitrogens with one attached hydrogen (secondary N) is 2. The Morgan fingerprint density at radius 1 is 1.19 bits per heavy atom. The summed E-state index contributed by atoms with van der Waals surface area (Å²) in [5, 5.41) is 9.66. The van der Waals surface area contributed by atoms with Crippen LogP contribution in [0.1, 0.15) is 51.2 Å². The van der Waals surface area contributed by atoms with Gasteiger partial charge in [0, 0.05) is 30.4 Å². The van der Waals surface area contributed by atoms with Crippen LogP contribution in [0, 0.1) is 23.7 Å². The number of nitrogens with zero attached hydrogens (tertiary/aromatic N) is 3. The van der Waals surface area contributed by atoms with Gasteiger partial charge in [0.05, 0.1) is 24.1 Å². The Bertz CT molecular complexity index is 876. The monoisotopic (exact) mass is 571 g/mol. The molecule has 2 bridgehead atoms. The van der Waals surface area contributed by atoms with Crippen molar-refractivity contribution in [2.24, 2.45) is 28.7 Å². The number of hydrogen-bond donors (Lipinski definition) is 2. The minimum Gasteiger partial charge on any atom is -0.357 e. The lowest BCUT2D eigenvalue weighted by molar-refractivity contribution is -0.140. The predicted octanol–water partition coefficient (Wildman–Crippen LogP) is 3.31. The van der Waals surface area contributed by atoms with Crippen LogP contribution >= 0.6 is 35.3 Å². The molecule has 7 nitrogen and oxygen atoms in total. The van der Waals surface area contributed by atoms with Crippen LogP contribution in [0.25, 0.3) is 0 Å². The van der Waals surface area contributed by atoms with Crippen LogP contribution in [-0.4, -0.2) is 47.3 Å². The summed E-state index contributed by atoms with van der Waals surface area (Å²) in [5.74, 6) is 1.12. The van der Waals surface area contributed by atoms with E-state index in [-0.39, 0.29) is 64.9 Å². The van der Waals surface area contributed by atoms with Gasteiger partial charge < -0.3 is 10.6 Å². The van der Waals surface area contributed by atoms with E-state index in [1.165, 1.54) is 4.90 Å². The van der Waals surface area contributed by atoms with E-state index in [2.05, 4.69) is 53.9 Å². The molecule has 4 unspecified atom stereocenters. The number of likely N-dealkylation sites (tertiary alicyclic amines) is 1. The summed E-state index contributed by atoms with van der Waals surface area (Å²) in [6.07, 6.45) is 5.94. The van der Waals surface area contributed by atoms with Crippen molar-refractivity contribution in [2.75, 3.05) is 19.6 Å². The molecule has 32 heavy (non-hydrogen) atoms. The van der Waals surface area contributed by atoms with Crippen molar-refractivity contribution in [1.29, 1.82) is 0 Å². The van der Waals surface area contributed by atoms with Gasteiger partial charge >= 0.3 is 0 Å². The second-order valence-electron chi connectivity index (χ2n) is 9.68. The van der Waals surface area contributed by atoms with E-state index in [1.54, 1.807) is 11.3 Å². The van der Waals surface area contributed by atoms with E-state index < -0.39 is 0 Å². The van der Waals surface area contributed by atoms with Crippen LogP contribution < -0.4 is 10.6 Å². The molecule has 2 amide bonds. The molecule has 0 spiro atoms. The highest BCUT2D eigenvalue weighted by molar-refractivity contribution is 14.0. The second kappa shape index (κ2) is 10.2. The first kappa shape index (κ1) is 25.1. The zero-order valence-corrected chi connectivity index (χ0v) is 22.4. The highest BCUT2D eigenvalue weighted by Crippen LogP contribution is 2.52. The van der Waals surface area contributed by atoms with Crippen LogP contribution in [0.15, 0.2) is 22.5 Å². The number of aliphatic imine (C=N–C) groups is 1. The number of halogens is 1. The normalized spacial score (nSPS) is 26.5. The van der Waals surface area contributed by atoms with E-state index in [4.69, 9.17) is 4.98 Å². The minimum atomic E-state index is -0.106. The largest absolute Gasteiger partial charge is 0.357 e. The van der Waals surface area contributed by atoms with Crippen LogP contribution in [0.3, 0.4) is 0 Å². The zero-order chi connectivity index (χ0) is 22.2. The van der Waals surface area contributed by atoms with Crippen LogP contribution in [0.4, 0.5) is 0 Å². The fourth-order valence-electron chi connectivity index (χ4n) is 4.84. The molecule has 1 aromatic rings. The van der Waals surface area contributed by atoms with E-state index in [1.807, 2.05) is 6.92 Å². The summed E-state index contributed by atoms with van der Waals surface area (Å²) in [4.78, 5) is 36.3. The molecule has 2 aliphatic carbocycles. The van der Waals surface area contributed by atoms with E-state index in [0.717, 1.165) is 29.6 Å². The lowest BCUT2D eigenvalue weighted by atomic mass is 9.85. The molecule has 1 aliphatic heterocycles. The number of guanidine groups is 1. The molecule has 1 saturated heterocycles. The molecule has 4 atom stereocenters. The standard InChI is InChI=1S/C23H33N5O2S.HI/c1-5-24-22(26-12-17-27-16(13-31-17)23(2,3)4)25-9-6-10-28-20(29)18-14-7-8-15(11-14)19(18)21(28)30;/h7-8,13-15,18-19H,5-6,9-12H2,1-4H3,(H2,24,25,26);1H. The number of amides is 2. The van der Waals surface area contributed by atoms with Crippen molar-refractivity contribution >= 4 is 53.1 Å². The molecule has 4 rings (SSSR count). The molecule has 1 saturated carbocycles. The maximum atomic E-state index is 12.8. The number of carbonyl (C=O) groups excluding carboxylic acids is 2. The first-order valence-electron chi connectivity index (χ1n) is 11.3. The van der Waals surface area contributed by atoms with Crippen LogP contribution in [0.2, 0.25) is 0 Å². The number of allylic oxidation sites excluding steroid dienone is 2. The Labute approximate surface area is 211 Å². The predicted molar refractivity (Wildman–Crippen MR) is 138 cm³/mol. The Morgan fingerprint density at radius 3 is 2.41 bits per heavy atom. The van der Waals surface area contributed by atoms with Crippen molar-refractivity contribution in [1.82, 2.24) is 20.5 Å². The molecule has 2 fully saturated rings. The minimum absolute atomic E-state index is 0. The summed E-state index contributed by atoms with van der Waals surface area (Å²) in [6, 6.07) is 0. The number of imide groups is 1. The number of carbonyl (C=O) groups is 2. The van der Waals surface area contributed by atoms with Crippen molar-refractivity contribution in [3.05, 3.63) is 28.2 Å². The fourth-order valence-corrected chi connectivity index (χ4v) is 5.79. The van der Waals surface area contributed by atoms with Crippen molar-refractivity contribution in [2.45, 2.75) is 52.5 Å². The number of hydrogen-bond acceptors (Lipinski definition) is 5. The van der Waals surface area contributed by atoms with Crippen molar-refractivity contribution in [3.63, 3.8) is 0 Å². The number of aromatic nitrogens is 1. The third kappa shape index (κ3) is 5.03. The summed E-state index contributed by atoms with van der Waals surface area (Å²) >= 11 is 1.63. The van der Waals surface area contributed by atoms with E-state index >= 15 is 0 Å². The van der Waals surface area contributed by atoms with Gasteiger partial charge in [0.25, 0.3) is 0 Å². The first-order valence-corrected chi connectivity index (χ1v) is 12.2. The van der Waals surface area contributed by atoms with Gasteiger partial charge in [-0.3, -0.25) is 14.5 Å². The van der Waals surface area contributed by atoms with Gasteiger partial charge in [-0.2, -0.15) is 0 Å². The van der Waals surface area contributed by atoms with Gasteiger partial charge in [-0.1, -0.05) is 32.9 Å². The molecule has 9 heteroatoms. The van der Waals surface area contributed by atoms with E-state index in [0.29, 0.717) is 26.1 Å². The molecule has 176 valence electrons. The zero-order valence-electron chi connectivity index (χ0n) is 19.3. The topological polar surface area (TPSA) is 86.7 Å². The molecule has 3 aliphatic rings. The van der Waals surface area contributed by atoms with Gasteiger partial charge in [0.1, 0.15) is 5.01 Å². The quantitative estimate of drug-likeness (QED) is 0.131. The lowest BCUT2D eigenvalue weighted by Gasteiger charge is -2.18. The lowest BCUT2D eigenvalue weighted by Crippen LogP contribution is -2.40. The first-order chi connectivity index (χ1) is 14.8. The SMILES string of the molecule is CCNC(=NCc1nc(C(C)(C)C)cs1)NCCCN1C(=O)C2C3C=CC(C3)C2C1=O.I. The number of fused-ring (bicyclic) bond motifs is 5. The molecular weight excluding hydrogens is 537 g/mol. The summed E-state index contributed by atoms with van der Waals surface area (Å²) in [7, 11) is 0. The molecule has 0 aromatic carbocycles. The highest BCUT2D eigenvalue weighted by atomic mass is 127.